The summed E-state index contributed by atoms with van der Waals surface area (Å²) in [6, 6.07) is 9.80. The molecule has 0 bridgehead atoms. The normalized spacial score (nSPS) is 16.5. The number of oxazole rings is 1. The maximum absolute atomic E-state index is 12.8. The van der Waals surface area contributed by atoms with Crippen LogP contribution in [0.1, 0.15) is 23.4 Å². The first-order chi connectivity index (χ1) is 11.7. The fraction of sp³-hybridized carbons (Fsp3) is 0.353. The largest absolute Gasteiger partial charge is 0.416 e. The molecule has 0 unspecified atom stereocenters. The highest BCUT2D eigenvalue weighted by molar-refractivity contribution is 5.98. The predicted molar refractivity (Wildman–Crippen MR) is 88.7 cm³/mol. The van der Waals surface area contributed by atoms with Crippen LogP contribution in [0.5, 0.6) is 0 Å². The van der Waals surface area contributed by atoms with Crippen LogP contribution in [0.4, 0.5) is 0 Å². The Labute approximate surface area is 139 Å². The summed E-state index contributed by atoms with van der Waals surface area (Å²) in [5.74, 6) is 0.369. The molecule has 2 aromatic heterocycles. The molecule has 0 radical (unpaired) electrons. The molecular formula is C17H19N5O2. The van der Waals surface area contributed by atoms with Crippen LogP contribution in [-0.2, 0) is 0 Å². The first kappa shape index (κ1) is 14.9. The highest BCUT2D eigenvalue weighted by atomic mass is 16.4. The fourth-order valence-corrected chi connectivity index (χ4v) is 3.10. The number of carbonyl (C=O) groups is 1. The van der Waals surface area contributed by atoms with Crippen molar-refractivity contribution in [1.29, 1.82) is 0 Å². The lowest BCUT2D eigenvalue weighted by Gasteiger charge is -2.29. The Balaban J connectivity index is 1.66. The SMILES string of the molecule is CN1CCC(NC(=O)c2oc3ncnn3c2-c2ccccc2)CC1. The van der Waals surface area contributed by atoms with Gasteiger partial charge in [0.2, 0.25) is 5.76 Å². The number of fused-ring (bicyclic) bond motifs is 1. The van der Waals surface area contributed by atoms with Gasteiger partial charge in [0.15, 0.2) is 0 Å². The molecule has 0 spiro atoms. The summed E-state index contributed by atoms with van der Waals surface area (Å²) in [6.07, 6.45) is 3.31. The Morgan fingerprint density at radius 1 is 1.25 bits per heavy atom. The topological polar surface area (TPSA) is 75.7 Å². The summed E-state index contributed by atoms with van der Waals surface area (Å²) < 4.78 is 7.25. The molecule has 3 aromatic rings. The van der Waals surface area contributed by atoms with E-state index in [1.807, 2.05) is 30.3 Å². The Hall–Kier alpha value is -2.67. The van der Waals surface area contributed by atoms with Crippen molar-refractivity contribution < 1.29 is 9.21 Å². The molecule has 7 heteroatoms. The second-order valence-corrected chi connectivity index (χ2v) is 6.15. The van der Waals surface area contributed by atoms with Crippen molar-refractivity contribution >= 4 is 11.8 Å². The van der Waals surface area contributed by atoms with Crippen LogP contribution in [0.15, 0.2) is 41.1 Å². The molecule has 24 heavy (non-hydrogen) atoms. The molecule has 1 aliphatic heterocycles. The number of nitrogens with one attached hydrogen (secondary N) is 1. The summed E-state index contributed by atoms with van der Waals surface area (Å²) in [7, 11) is 2.10. The molecule has 1 N–H and O–H groups in total. The number of aromatic nitrogens is 3. The third-order valence-corrected chi connectivity index (χ3v) is 4.44. The minimum atomic E-state index is -0.212. The van der Waals surface area contributed by atoms with Gasteiger partial charge in [-0.05, 0) is 33.0 Å². The molecule has 7 nitrogen and oxygen atoms in total. The van der Waals surface area contributed by atoms with Crippen LogP contribution in [0, 0.1) is 0 Å². The highest BCUT2D eigenvalue weighted by Crippen LogP contribution is 2.26. The van der Waals surface area contributed by atoms with Crippen LogP contribution >= 0.6 is 0 Å². The number of rotatable bonds is 3. The highest BCUT2D eigenvalue weighted by Gasteiger charge is 2.26. The van der Waals surface area contributed by atoms with E-state index in [1.54, 1.807) is 4.52 Å². The van der Waals surface area contributed by atoms with Crippen molar-refractivity contribution in [2.75, 3.05) is 20.1 Å². The molecule has 1 saturated heterocycles. The van der Waals surface area contributed by atoms with Crippen LogP contribution in [-0.4, -0.2) is 51.6 Å². The average Bonchev–Trinajstić information content (AvgIpc) is 3.18. The third-order valence-electron chi connectivity index (χ3n) is 4.44. The number of benzene rings is 1. The number of carbonyl (C=O) groups excluding carboxylic acids is 1. The summed E-state index contributed by atoms with van der Waals surface area (Å²) in [4.78, 5) is 19.1. The van der Waals surface area contributed by atoms with Gasteiger partial charge in [-0.1, -0.05) is 30.3 Å². The lowest BCUT2D eigenvalue weighted by atomic mass is 10.0. The molecule has 124 valence electrons. The number of piperidine rings is 1. The zero-order valence-corrected chi connectivity index (χ0v) is 13.5. The second-order valence-electron chi connectivity index (χ2n) is 6.15. The second kappa shape index (κ2) is 6.09. The fourth-order valence-electron chi connectivity index (χ4n) is 3.10. The van der Waals surface area contributed by atoms with Crippen LogP contribution in [0.2, 0.25) is 0 Å². The monoisotopic (exact) mass is 325 g/mol. The van der Waals surface area contributed by atoms with E-state index in [0.29, 0.717) is 11.5 Å². The smallest absolute Gasteiger partial charge is 0.325 e. The Bertz CT molecular complexity index is 846. The van der Waals surface area contributed by atoms with E-state index in [1.165, 1.54) is 6.33 Å². The summed E-state index contributed by atoms with van der Waals surface area (Å²) in [5, 5.41) is 7.27. The summed E-state index contributed by atoms with van der Waals surface area (Å²) in [5.41, 5.74) is 1.50. The molecule has 1 aromatic carbocycles. The van der Waals surface area contributed by atoms with Crippen LogP contribution in [0.25, 0.3) is 17.1 Å². The van der Waals surface area contributed by atoms with Crippen molar-refractivity contribution in [3.8, 4) is 11.3 Å². The lowest BCUT2D eigenvalue weighted by Crippen LogP contribution is -2.43. The van der Waals surface area contributed by atoms with E-state index in [0.717, 1.165) is 31.5 Å². The minimum Gasteiger partial charge on any atom is -0.416 e. The number of amides is 1. The van der Waals surface area contributed by atoms with Gasteiger partial charge in [-0.3, -0.25) is 4.79 Å². The zero-order valence-electron chi connectivity index (χ0n) is 13.5. The van der Waals surface area contributed by atoms with E-state index in [4.69, 9.17) is 4.42 Å². The first-order valence-corrected chi connectivity index (χ1v) is 8.10. The number of likely N-dealkylation sites (tertiary alicyclic amines) is 1. The van der Waals surface area contributed by atoms with E-state index in [2.05, 4.69) is 27.3 Å². The number of hydrogen-bond acceptors (Lipinski definition) is 5. The van der Waals surface area contributed by atoms with Crippen LogP contribution < -0.4 is 5.32 Å². The molecule has 0 aliphatic carbocycles. The van der Waals surface area contributed by atoms with Crippen LogP contribution in [0.3, 0.4) is 0 Å². The molecule has 3 heterocycles. The quantitative estimate of drug-likeness (QED) is 0.795. The first-order valence-electron chi connectivity index (χ1n) is 8.10. The third kappa shape index (κ3) is 2.67. The van der Waals surface area contributed by atoms with Crippen molar-refractivity contribution in [2.45, 2.75) is 18.9 Å². The van der Waals surface area contributed by atoms with Crippen molar-refractivity contribution in [3.05, 3.63) is 42.4 Å². The van der Waals surface area contributed by atoms with Gasteiger partial charge in [0.25, 0.3) is 5.91 Å². The number of nitrogens with zero attached hydrogens (tertiary/aromatic N) is 4. The van der Waals surface area contributed by atoms with E-state index < -0.39 is 0 Å². The molecule has 0 saturated carbocycles. The van der Waals surface area contributed by atoms with Gasteiger partial charge in [0.05, 0.1) is 0 Å². The summed E-state index contributed by atoms with van der Waals surface area (Å²) in [6.45, 7) is 1.97. The predicted octanol–water partition coefficient (Wildman–Crippen LogP) is 1.81. The maximum atomic E-state index is 12.8. The molecular weight excluding hydrogens is 306 g/mol. The summed E-state index contributed by atoms with van der Waals surface area (Å²) >= 11 is 0. The van der Waals surface area contributed by atoms with Gasteiger partial charge >= 0.3 is 5.84 Å². The van der Waals surface area contributed by atoms with Gasteiger partial charge in [-0.2, -0.15) is 14.6 Å². The Morgan fingerprint density at radius 2 is 2.00 bits per heavy atom. The van der Waals surface area contributed by atoms with E-state index in [9.17, 15) is 4.79 Å². The van der Waals surface area contributed by atoms with Gasteiger partial charge in [0.1, 0.15) is 12.0 Å². The minimum absolute atomic E-state index is 0.169. The van der Waals surface area contributed by atoms with Gasteiger partial charge < -0.3 is 14.6 Å². The van der Waals surface area contributed by atoms with E-state index in [-0.39, 0.29) is 17.7 Å². The number of hydrogen-bond donors (Lipinski definition) is 1. The molecule has 1 amide bonds. The van der Waals surface area contributed by atoms with Gasteiger partial charge in [-0.25, -0.2) is 0 Å². The van der Waals surface area contributed by atoms with Crippen molar-refractivity contribution in [2.24, 2.45) is 0 Å². The maximum Gasteiger partial charge on any atom is 0.325 e. The van der Waals surface area contributed by atoms with Crippen molar-refractivity contribution in [3.63, 3.8) is 0 Å². The van der Waals surface area contributed by atoms with Crippen molar-refractivity contribution in [1.82, 2.24) is 24.8 Å². The van der Waals surface area contributed by atoms with E-state index >= 15 is 0 Å². The molecule has 4 rings (SSSR count). The molecule has 0 atom stereocenters. The zero-order chi connectivity index (χ0) is 16.5. The Kier molecular flexibility index (Phi) is 3.78. The van der Waals surface area contributed by atoms with Gasteiger partial charge in [0, 0.05) is 11.6 Å². The molecule has 1 aliphatic rings. The lowest BCUT2D eigenvalue weighted by molar-refractivity contribution is 0.0891. The standard InChI is InChI=1S/C17H19N5O2/c1-21-9-7-13(8-10-21)20-16(23)15-14(12-5-3-2-4-6-12)22-17(24-15)18-11-19-22/h2-6,11,13H,7-10H2,1H3,(H,20,23). The van der Waals surface area contributed by atoms with Gasteiger partial charge in [-0.15, -0.1) is 0 Å². The average molecular weight is 325 g/mol. The molecule has 1 fully saturated rings. The Morgan fingerprint density at radius 3 is 2.75 bits per heavy atom.